The molecule has 1 saturated heterocycles. The molecular weight excluding hydrogens is 150 g/mol. The Balaban J connectivity index is 2.52. The van der Waals surface area contributed by atoms with Crippen molar-refractivity contribution < 1.29 is 4.74 Å². The second kappa shape index (κ2) is 4.24. The molecule has 72 valence electrons. The van der Waals surface area contributed by atoms with E-state index in [1.807, 2.05) is 0 Å². The van der Waals surface area contributed by atoms with Crippen LogP contribution < -0.4 is 0 Å². The van der Waals surface area contributed by atoms with Gasteiger partial charge < -0.3 is 4.74 Å². The van der Waals surface area contributed by atoms with E-state index in [2.05, 4.69) is 32.6 Å². The Bertz CT molecular complexity index is 120. The molecule has 1 rings (SSSR count). The molecule has 0 aromatic carbocycles. The fraction of sp³-hybridized carbons (Fsp3) is 1.00. The lowest BCUT2D eigenvalue weighted by Gasteiger charge is -2.35. The van der Waals surface area contributed by atoms with E-state index < -0.39 is 0 Å². The third kappa shape index (κ3) is 2.20. The molecule has 0 N–H and O–H groups in total. The molecule has 1 atom stereocenters. The summed E-state index contributed by atoms with van der Waals surface area (Å²) in [5.41, 5.74) is 0. The highest BCUT2D eigenvalue weighted by Gasteiger charge is 2.26. The van der Waals surface area contributed by atoms with E-state index in [0.717, 1.165) is 6.61 Å². The highest BCUT2D eigenvalue weighted by Crippen LogP contribution is 2.20. The molecule has 12 heavy (non-hydrogen) atoms. The number of rotatable bonds is 3. The van der Waals surface area contributed by atoms with Gasteiger partial charge in [0.05, 0.1) is 0 Å². The van der Waals surface area contributed by atoms with Gasteiger partial charge in [-0.2, -0.15) is 0 Å². The molecule has 1 aliphatic rings. The number of nitrogens with zero attached hydrogens (tertiary/aromatic N) is 1. The number of hydrogen-bond acceptors (Lipinski definition) is 2. The van der Waals surface area contributed by atoms with Crippen molar-refractivity contribution in [2.75, 3.05) is 6.61 Å². The van der Waals surface area contributed by atoms with Crippen molar-refractivity contribution in [3.8, 4) is 0 Å². The minimum absolute atomic E-state index is 0.380. The van der Waals surface area contributed by atoms with Gasteiger partial charge in [-0.05, 0) is 40.5 Å². The lowest BCUT2D eigenvalue weighted by Crippen LogP contribution is -2.44. The minimum Gasteiger partial charge on any atom is -0.363 e. The summed E-state index contributed by atoms with van der Waals surface area (Å²) < 4.78 is 5.66. The van der Waals surface area contributed by atoms with Gasteiger partial charge in [-0.15, -0.1) is 0 Å². The van der Waals surface area contributed by atoms with Crippen LogP contribution in [0.25, 0.3) is 0 Å². The van der Waals surface area contributed by atoms with Crippen LogP contribution >= 0.6 is 0 Å². The lowest BCUT2D eigenvalue weighted by atomic mass is 10.2. The molecule has 0 amide bonds. The molecule has 0 saturated carbocycles. The standard InChI is InChI=1S/C10H21NO/c1-8(2)11(9(3)4)10-6-5-7-12-10/h8-10H,5-7H2,1-4H3. The first kappa shape index (κ1) is 10.0. The maximum atomic E-state index is 5.66. The molecule has 1 unspecified atom stereocenters. The summed E-state index contributed by atoms with van der Waals surface area (Å²) in [6.07, 6.45) is 2.81. The van der Waals surface area contributed by atoms with Crippen LogP contribution in [0.5, 0.6) is 0 Å². The molecule has 1 aliphatic heterocycles. The molecule has 0 aliphatic carbocycles. The van der Waals surface area contributed by atoms with Gasteiger partial charge >= 0.3 is 0 Å². The minimum atomic E-state index is 0.380. The van der Waals surface area contributed by atoms with Crippen LogP contribution in [0.2, 0.25) is 0 Å². The molecule has 0 radical (unpaired) electrons. The van der Waals surface area contributed by atoms with Crippen molar-refractivity contribution in [2.45, 2.75) is 58.8 Å². The van der Waals surface area contributed by atoms with Crippen molar-refractivity contribution in [1.29, 1.82) is 0 Å². The zero-order valence-electron chi connectivity index (χ0n) is 8.71. The summed E-state index contributed by atoms with van der Waals surface area (Å²) in [7, 11) is 0. The molecule has 1 fully saturated rings. The van der Waals surface area contributed by atoms with E-state index in [4.69, 9.17) is 4.74 Å². The summed E-state index contributed by atoms with van der Waals surface area (Å²) in [5.74, 6) is 0. The smallest absolute Gasteiger partial charge is 0.111 e. The Morgan fingerprint density at radius 2 is 1.75 bits per heavy atom. The summed E-state index contributed by atoms with van der Waals surface area (Å²) in [5, 5.41) is 0. The molecular formula is C10H21NO. The summed E-state index contributed by atoms with van der Waals surface area (Å²) >= 11 is 0. The lowest BCUT2D eigenvalue weighted by molar-refractivity contribution is -0.0536. The van der Waals surface area contributed by atoms with Crippen LogP contribution in [-0.2, 0) is 4.74 Å². The van der Waals surface area contributed by atoms with Gasteiger partial charge in [0.25, 0.3) is 0 Å². The first-order chi connectivity index (χ1) is 5.63. The Labute approximate surface area is 75.9 Å². The maximum absolute atomic E-state index is 5.66. The van der Waals surface area contributed by atoms with Crippen molar-refractivity contribution >= 4 is 0 Å². The van der Waals surface area contributed by atoms with Crippen molar-refractivity contribution in [1.82, 2.24) is 4.90 Å². The fourth-order valence-electron chi connectivity index (χ4n) is 2.06. The van der Waals surface area contributed by atoms with Crippen molar-refractivity contribution in [3.05, 3.63) is 0 Å². The van der Waals surface area contributed by atoms with E-state index in [-0.39, 0.29) is 0 Å². The number of hydrogen-bond donors (Lipinski definition) is 0. The van der Waals surface area contributed by atoms with Gasteiger partial charge in [-0.25, -0.2) is 0 Å². The van der Waals surface area contributed by atoms with E-state index in [1.165, 1.54) is 12.8 Å². The van der Waals surface area contributed by atoms with Crippen molar-refractivity contribution in [2.24, 2.45) is 0 Å². The van der Waals surface area contributed by atoms with Crippen molar-refractivity contribution in [3.63, 3.8) is 0 Å². The van der Waals surface area contributed by atoms with Gasteiger partial charge in [-0.3, -0.25) is 4.90 Å². The summed E-state index contributed by atoms with van der Waals surface area (Å²) in [6, 6.07) is 1.18. The predicted molar refractivity (Wildman–Crippen MR) is 51.1 cm³/mol. The van der Waals surface area contributed by atoms with E-state index in [1.54, 1.807) is 0 Å². The SMILES string of the molecule is CC(C)N(C(C)C)C1CCCO1. The fourth-order valence-corrected chi connectivity index (χ4v) is 2.06. The third-order valence-corrected chi connectivity index (χ3v) is 2.43. The largest absolute Gasteiger partial charge is 0.363 e. The zero-order chi connectivity index (χ0) is 9.14. The monoisotopic (exact) mass is 171 g/mol. The van der Waals surface area contributed by atoms with Gasteiger partial charge in [0, 0.05) is 18.7 Å². The second-order valence-electron chi connectivity index (χ2n) is 4.10. The highest BCUT2D eigenvalue weighted by atomic mass is 16.5. The van der Waals surface area contributed by atoms with E-state index in [0.29, 0.717) is 18.3 Å². The van der Waals surface area contributed by atoms with E-state index in [9.17, 15) is 0 Å². The molecule has 0 spiro atoms. The Kier molecular flexibility index (Phi) is 3.53. The van der Waals surface area contributed by atoms with Crippen LogP contribution in [-0.4, -0.2) is 29.8 Å². The predicted octanol–water partition coefficient (Wildman–Crippen LogP) is 2.24. The second-order valence-corrected chi connectivity index (χ2v) is 4.10. The Hall–Kier alpha value is -0.0800. The molecule has 0 bridgehead atoms. The zero-order valence-corrected chi connectivity index (χ0v) is 8.71. The maximum Gasteiger partial charge on any atom is 0.111 e. The van der Waals surface area contributed by atoms with Crippen LogP contribution in [0.1, 0.15) is 40.5 Å². The molecule has 2 heteroatoms. The number of ether oxygens (including phenoxy) is 1. The summed E-state index contributed by atoms with van der Waals surface area (Å²) in [6.45, 7) is 9.90. The third-order valence-electron chi connectivity index (χ3n) is 2.43. The highest BCUT2D eigenvalue weighted by molar-refractivity contribution is 4.74. The van der Waals surface area contributed by atoms with Gasteiger partial charge in [0.1, 0.15) is 6.23 Å². The van der Waals surface area contributed by atoms with Crippen LogP contribution in [0.3, 0.4) is 0 Å². The van der Waals surface area contributed by atoms with Crippen LogP contribution in [0, 0.1) is 0 Å². The van der Waals surface area contributed by atoms with Crippen LogP contribution in [0.15, 0.2) is 0 Å². The first-order valence-electron chi connectivity index (χ1n) is 5.02. The molecule has 1 heterocycles. The van der Waals surface area contributed by atoms with Gasteiger partial charge in [-0.1, -0.05) is 0 Å². The van der Waals surface area contributed by atoms with Gasteiger partial charge in [0.15, 0.2) is 0 Å². The average molecular weight is 171 g/mol. The topological polar surface area (TPSA) is 12.5 Å². The van der Waals surface area contributed by atoms with Gasteiger partial charge in [0.2, 0.25) is 0 Å². The normalized spacial score (nSPS) is 24.8. The first-order valence-corrected chi connectivity index (χ1v) is 5.02. The molecule has 0 aromatic rings. The molecule has 2 nitrogen and oxygen atoms in total. The quantitative estimate of drug-likeness (QED) is 0.645. The Morgan fingerprint density at radius 1 is 1.17 bits per heavy atom. The van der Waals surface area contributed by atoms with Crippen LogP contribution in [0.4, 0.5) is 0 Å². The average Bonchev–Trinajstić information content (AvgIpc) is 2.37. The molecule has 0 aromatic heterocycles. The van der Waals surface area contributed by atoms with E-state index >= 15 is 0 Å². The summed E-state index contributed by atoms with van der Waals surface area (Å²) in [4.78, 5) is 2.45. The Morgan fingerprint density at radius 3 is 2.08 bits per heavy atom.